The SMILES string of the molecule is CC(C)(C)C(NC(=O)c1nn(CC(=O)c2ccc(F)cc2)c2ccccc12)C(=O)NCCO. The first-order chi connectivity index (χ1) is 15.6. The minimum Gasteiger partial charge on any atom is -0.395 e. The number of hydrogen-bond acceptors (Lipinski definition) is 5. The lowest BCUT2D eigenvalue weighted by Gasteiger charge is -2.30. The number of carbonyl (C=O) groups is 3. The molecule has 0 aliphatic rings. The van der Waals surface area contributed by atoms with Gasteiger partial charge in [-0.15, -0.1) is 0 Å². The average molecular weight is 455 g/mol. The summed E-state index contributed by atoms with van der Waals surface area (Å²) in [5.41, 5.74) is 0.388. The second-order valence-electron chi connectivity index (χ2n) is 8.74. The lowest BCUT2D eigenvalue weighted by atomic mass is 9.86. The molecule has 0 aliphatic heterocycles. The summed E-state index contributed by atoms with van der Waals surface area (Å²) in [6.07, 6.45) is 0. The van der Waals surface area contributed by atoms with Crippen LogP contribution in [-0.4, -0.2) is 51.7 Å². The molecule has 1 atom stereocenters. The first-order valence-corrected chi connectivity index (χ1v) is 10.6. The van der Waals surface area contributed by atoms with Crippen LogP contribution in [0.15, 0.2) is 48.5 Å². The van der Waals surface area contributed by atoms with Crippen molar-refractivity contribution in [3.8, 4) is 0 Å². The molecule has 2 aromatic carbocycles. The van der Waals surface area contributed by atoms with E-state index in [1.54, 1.807) is 24.3 Å². The average Bonchev–Trinajstić information content (AvgIpc) is 3.14. The number of ketones is 1. The van der Waals surface area contributed by atoms with Gasteiger partial charge >= 0.3 is 0 Å². The lowest BCUT2D eigenvalue weighted by molar-refractivity contribution is -0.125. The van der Waals surface area contributed by atoms with E-state index < -0.39 is 29.1 Å². The highest BCUT2D eigenvalue weighted by molar-refractivity contribution is 6.06. The molecule has 2 amide bonds. The van der Waals surface area contributed by atoms with Crippen LogP contribution in [0.4, 0.5) is 4.39 Å². The second kappa shape index (κ2) is 9.91. The van der Waals surface area contributed by atoms with E-state index in [4.69, 9.17) is 5.11 Å². The van der Waals surface area contributed by atoms with Crippen molar-refractivity contribution in [2.24, 2.45) is 5.41 Å². The van der Waals surface area contributed by atoms with Crippen LogP contribution in [0.1, 0.15) is 41.6 Å². The van der Waals surface area contributed by atoms with Crippen molar-refractivity contribution >= 4 is 28.5 Å². The molecule has 0 saturated heterocycles. The van der Waals surface area contributed by atoms with Crippen LogP contribution in [0.25, 0.3) is 10.9 Å². The normalized spacial score (nSPS) is 12.4. The van der Waals surface area contributed by atoms with Gasteiger partial charge in [-0.2, -0.15) is 5.10 Å². The van der Waals surface area contributed by atoms with E-state index in [1.165, 1.54) is 28.9 Å². The van der Waals surface area contributed by atoms with Gasteiger partial charge in [0.25, 0.3) is 5.91 Å². The quantitative estimate of drug-likeness (QED) is 0.452. The Morgan fingerprint density at radius 1 is 1.09 bits per heavy atom. The molecule has 0 aliphatic carbocycles. The zero-order valence-electron chi connectivity index (χ0n) is 18.8. The Balaban J connectivity index is 1.90. The van der Waals surface area contributed by atoms with Crippen LogP contribution in [0.2, 0.25) is 0 Å². The Hall–Kier alpha value is -3.59. The molecule has 0 bridgehead atoms. The highest BCUT2D eigenvalue weighted by Crippen LogP contribution is 2.23. The molecular formula is C24H27FN4O4. The molecule has 1 unspecified atom stereocenters. The smallest absolute Gasteiger partial charge is 0.273 e. The number of nitrogens with zero attached hydrogens (tertiary/aromatic N) is 2. The maximum atomic E-state index is 13.2. The summed E-state index contributed by atoms with van der Waals surface area (Å²) >= 11 is 0. The topological polar surface area (TPSA) is 113 Å². The zero-order chi connectivity index (χ0) is 24.2. The van der Waals surface area contributed by atoms with Crippen LogP contribution in [0.5, 0.6) is 0 Å². The number of rotatable bonds is 8. The molecule has 1 heterocycles. The molecule has 3 aromatic rings. The number of fused-ring (bicyclic) bond motifs is 1. The summed E-state index contributed by atoms with van der Waals surface area (Å²) in [5, 5.41) is 19.2. The first kappa shape index (κ1) is 24.1. The summed E-state index contributed by atoms with van der Waals surface area (Å²) in [6.45, 7) is 5.16. The number of carbonyl (C=O) groups excluding carboxylic acids is 3. The molecule has 0 saturated carbocycles. The maximum Gasteiger partial charge on any atom is 0.273 e. The van der Waals surface area contributed by atoms with Crippen molar-refractivity contribution in [3.63, 3.8) is 0 Å². The second-order valence-corrected chi connectivity index (χ2v) is 8.74. The molecular weight excluding hydrogens is 427 g/mol. The van der Waals surface area contributed by atoms with E-state index in [9.17, 15) is 18.8 Å². The number of halogens is 1. The largest absolute Gasteiger partial charge is 0.395 e. The van der Waals surface area contributed by atoms with Crippen molar-refractivity contribution in [2.45, 2.75) is 33.4 Å². The minimum absolute atomic E-state index is 0.0737. The van der Waals surface area contributed by atoms with Crippen LogP contribution >= 0.6 is 0 Å². The summed E-state index contributed by atoms with van der Waals surface area (Å²) in [5.74, 6) is -1.70. The van der Waals surface area contributed by atoms with Crippen molar-refractivity contribution in [1.29, 1.82) is 0 Å². The van der Waals surface area contributed by atoms with Gasteiger partial charge in [-0.05, 0) is 35.7 Å². The van der Waals surface area contributed by atoms with E-state index in [1.807, 2.05) is 20.8 Å². The Bertz CT molecular complexity index is 1170. The van der Waals surface area contributed by atoms with E-state index in [0.29, 0.717) is 16.5 Å². The van der Waals surface area contributed by atoms with Crippen LogP contribution in [0, 0.1) is 11.2 Å². The molecule has 174 valence electrons. The number of benzene rings is 2. The molecule has 0 spiro atoms. The minimum atomic E-state index is -0.874. The molecule has 33 heavy (non-hydrogen) atoms. The van der Waals surface area contributed by atoms with Crippen LogP contribution < -0.4 is 10.6 Å². The van der Waals surface area contributed by atoms with Gasteiger partial charge in [0.15, 0.2) is 11.5 Å². The van der Waals surface area contributed by atoms with Gasteiger partial charge in [-0.25, -0.2) is 4.39 Å². The third-order valence-electron chi connectivity index (χ3n) is 5.15. The van der Waals surface area contributed by atoms with Gasteiger partial charge in [-0.3, -0.25) is 19.1 Å². The summed E-state index contributed by atoms with van der Waals surface area (Å²) < 4.78 is 14.6. The summed E-state index contributed by atoms with van der Waals surface area (Å²) in [6, 6.07) is 11.3. The number of Topliss-reactive ketones (excluding diaryl/α,β-unsaturated/α-hetero) is 1. The fourth-order valence-corrected chi connectivity index (χ4v) is 3.43. The van der Waals surface area contributed by atoms with E-state index in [-0.39, 0.29) is 31.2 Å². The lowest BCUT2D eigenvalue weighted by Crippen LogP contribution is -2.54. The van der Waals surface area contributed by atoms with E-state index >= 15 is 0 Å². The van der Waals surface area contributed by atoms with Gasteiger partial charge < -0.3 is 15.7 Å². The Morgan fingerprint density at radius 2 is 1.76 bits per heavy atom. The van der Waals surface area contributed by atoms with E-state index in [2.05, 4.69) is 15.7 Å². The first-order valence-electron chi connectivity index (χ1n) is 10.6. The zero-order valence-corrected chi connectivity index (χ0v) is 18.8. The molecule has 0 radical (unpaired) electrons. The molecule has 9 heteroatoms. The Morgan fingerprint density at radius 3 is 2.39 bits per heavy atom. The number of amides is 2. The number of hydrogen-bond donors (Lipinski definition) is 3. The standard InChI is InChI=1S/C24H27FN4O4/c1-24(2,3)21(23(33)26-12-13-30)27-22(32)20-17-6-4-5-7-18(17)29(28-20)14-19(31)15-8-10-16(25)11-9-15/h4-11,21,30H,12-14H2,1-3H3,(H,26,33)(H,27,32). The molecule has 8 nitrogen and oxygen atoms in total. The van der Waals surface area contributed by atoms with Crippen molar-refractivity contribution in [3.05, 3.63) is 65.6 Å². The fourth-order valence-electron chi connectivity index (χ4n) is 3.43. The fraction of sp³-hybridized carbons (Fsp3) is 0.333. The highest BCUT2D eigenvalue weighted by atomic mass is 19.1. The Kier molecular flexibility index (Phi) is 7.23. The summed E-state index contributed by atoms with van der Waals surface area (Å²) in [4.78, 5) is 38.4. The predicted molar refractivity (Wildman–Crippen MR) is 121 cm³/mol. The van der Waals surface area contributed by atoms with Gasteiger partial charge in [0.2, 0.25) is 5.91 Å². The third kappa shape index (κ3) is 5.61. The van der Waals surface area contributed by atoms with Crippen molar-refractivity contribution in [1.82, 2.24) is 20.4 Å². The molecule has 3 N–H and O–H groups in total. The number of aliphatic hydroxyl groups is 1. The number of nitrogens with one attached hydrogen (secondary N) is 2. The number of para-hydroxylation sites is 1. The predicted octanol–water partition coefficient (Wildman–Crippen LogP) is 2.31. The number of aliphatic hydroxyl groups excluding tert-OH is 1. The maximum absolute atomic E-state index is 13.2. The van der Waals surface area contributed by atoms with E-state index in [0.717, 1.165) is 0 Å². The highest BCUT2D eigenvalue weighted by Gasteiger charge is 2.34. The molecule has 1 aromatic heterocycles. The van der Waals surface area contributed by atoms with Crippen LogP contribution in [-0.2, 0) is 11.3 Å². The van der Waals surface area contributed by atoms with Gasteiger partial charge in [0.05, 0.1) is 12.1 Å². The van der Waals surface area contributed by atoms with Gasteiger partial charge in [0.1, 0.15) is 18.4 Å². The number of aromatic nitrogens is 2. The third-order valence-corrected chi connectivity index (χ3v) is 5.15. The monoisotopic (exact) mass is 454 g/mol. The van der Waals surface area contributed by atoms with Crippen molar-refractivity contribution in [2.75, 3.05) is 13.2 Å². The Labute approximate surface area is 190 Å². The van der Waals surface area contributed by atoms with Crippen LogP contribution in [0.3, 0.4) is 0 Å². The van der Waals surface area contributed by atoms with Crippen molar-refractivity contribution < 1.29 is 23.9 Å². The van der Waals surface area contributed by atoms with Gasteiger partial charge in [0, 0.05) is 17.5 Å². The van der Waals surface area contributed by atoms with Gasteiger partial charge in [-0.1, -0.05) is 39.0 Å². The summed E-state index contributed by atoms with van der Waals surface area (Å²) in [7, 11) is 0. The molecule has 0 fully saturated rings. The molecule has 3 rings (SSSR count).